The van der Waals surface area contributed by atoms with Gasteiger partial charge in [0.2, 0.25) is 11.8 Å². The molecular weight excluding hydrogens is 557 g/mol. The number of rotatable bonds is 11. The number of aryl methyl sites for hydroxylation is 2. The molecule has 0 spiro atoms. The molecule has 7 nitrogen and oxygen atoms in total. The smallest absolute Gasteiger partial charge is 0.264 e. The van der Waals surface area contributed by atoms with E-state index in [2.05, 4.69) is 5.32 Å². The molecule has 0 aliphatic carbocycles. The second-order valence-electron chi connectivity index (χ2n) is 9.34. The molecule has 0 saturated carbocycles. The molecule has 10 heteroatoms. The summed E-state index contributed by atoms with van der Waals surface area (Å²) in [5, 5.41) is 3.70. The second-order valence-corrected chi connectivity index (χ2v) is 12.0. The van der Waals surface area contributed by atoms with Crippen LogP contribution in [0.1, 0.15) is 37.0 Å². The number of nitrogens with zero attached hydrogens (tertiary/aromatic N) is 2. The summed E-state index contributed by atoms with van der Waals surface area (Å²) in [4.78, 5) is 28.3. The minimum atomic E-state index is -4.16. The van der Waals surface area contributed by atoms with Crippen LogP contribution < -0.4 is 9.62 Å². The molecule has 0 aliphatic heterocycles. The van der Waals surface area contributed by atoms with Gasteiger partial charge in [-0.25, -0.2) is 8.42 Å². The first-order valence-corrected chi connectivity index (χ1v) is 14.8. The molecule has 208 valence electrons. The first-order chi connectivity index (χ1) is 18.4. The van der Waals surface area contributed by atoms with Crippen LogP contribution in [0.3, 0.4) is 0 Å². The molecular formula is C29H33Cl2N3O4S. The monoisotopic (exact) mass is 589 g/mol. The number of amides is 2. The van der Waals surface area contributed by atoms with E-state index in [1.807, 2.05) is 13.8 Å². The van der Waals surface area contributed by atoms with Crippen LogP contribution in [0.25, 0.3) is 0 Å². The number of carbonyl (C=O) groups is 2. The van der Waals surface area contributed by atoms with Crippen molar-refractivity contribution in [3.8, 4) is 0 Å². The summed E-state index contributed by atoms with van der Waals surface area (Å²) < 4.78 is 28.9. The normalized spacial score (nSPS) is 12.1. The van der Waals surface area contributed by atoms with Gasteiger partial charge in [0.1, 0.15) is 12.6 Å². The number of benzene rings is 3. The van der Waals surface area contributed by atoms with Crippen molar-refractivity contribution < 1.29 is 18.0 Å². The molecule has 2 amide bonds. The molecule has 3 aromatic rings. The van der Waals surface area contributed by atoms with Crippen LogP contribution in [0.5, 0.6) is 0 Å². The van der Waals surface area contributed by atoms with Crippen molar-refractivity contribution in [3.05, 3.63) is 93.5 Å². The van der Waals surface area contributed by atoms with Crippen LogP contribution in [0.4, 0.5) is 5.69 Å². The van der Waals surface area contributed by atoms with Crippen LogP contribution in [-0.2, 0) is 26.2 Å². The molecule has 1 atom stereocenters. The molecule has 3 aromatic carbocycles. The average Bonchev–Trinajstić information content (AvgIpc) is 2.90. The van der Waals surface area contributed by atoms with E-state index in [0.717, 1.165) is 16.3 Å². The number of hydrogen-bond donors (Lipinski definition) is 1. The summed E-state index contributed by atoms with van der Waals surface area (Å²) in [6.07, 6.45) is 0.731. The SMILES string of the molecule is CCCNC(=O)C(C)N(Cc1ccccc1Cl)C(=O)CN(c1ccc(Cl)cc1C)S(=O)(=O)c1ccc(C)cc1. The fraction of sp³-hybridized carbons (Fsp3) is 0.310. The number of sulfonamides is 1. The van der Waals surface area contributed by atoms with E-state index >= 15 is 0 Å². The lowest BCUT2D eigenvalue weighted by atomic mass is 10.1. The van der Waals surface area contributed by atoms with Gasteiger partial charge < -0.3 is 10.2 Å². The van der Waals surface area contributed by atoms with E-state index in [1.54, 1.807) is 68.4 Å². The Morgan fingerprint density at radius 2 is 1.64 bits per heavy atom. The Bertz CT molecular complexity index is 1430. The molecule has 0 saturated heterocycles. The maximum atomic E-state index is 13.9. The van der Waals surface area contributed by atoms with Gasteiger partial charge in [-0.3, -0.25) is 13.9 Å². The molecule has 0 aromatic heterocycles. The maximum Gasteiger partial charge on any atom is 0.264 e. The van der Waals surface area contributed by atoms with Crippen molar-refractivity contribution in [2.75, 3.05) is 17.4 Å². The summed E-state index contributed by atoms with van der Waals surface area (Å²) in [7, 11) is -4.16. The van der Waals surface area contributed by atoms with Crippen molar-refractivity contribution in [1.29, 1.82) is 0 Å². The first kappa shape index (κ1) is 30.5. The van der Waals surface area contributed by atoms with Gasteiger partial charge in [0, 0.05) is 23.1 Å². The van der Waals surface area contributed by atoms with E-state index in [1.165, 1.54) is 17.0 Å². The lowest BCUT2D eigenvalue weighted by molar-refractivity contribution is -0.139. The summed E-state index contributed by atoms with van der Waals surface area (Å²) in [5.74, 6) is -0.896. The zero-order chi connectivity index (χ0) is 28.7. The van der Waals surface area contributed by atoms with Crippen LogP contribution in [-0.4, -0.2) is 44.3 Å². The number of carbonyl (C=O) groups excluding carboxylic acids is 2. The zero-order valence-electron chi connectivity index (χ0n) is 22.4. The molecule has 1 unspecified atom stereocenters. The van der Waals surface area contributed by atoms with Crippen molar-refractivity contribution >= 4 is 50.7 Å². The van der Waals surface area contributed by atoms with Crippen LogP contribution in [0.15, 0.2) is 71.6 Å². The van der Waals surface area contributed by atoms with Gasteiger partial charge in [-0.05, 0) is 74.7 Å². The maximum absolute atomic E-state index is 13.9. The van der Waals surface area contributed by atoms with Crippen molar-refractivity contribution in [2.45, 2.75) is 51.6 Å². The highest BCUT2D eigenvalue weighted by Gasteiger charge is 2.33. The minimum Gasteiger partial charge on any atom is -0.354 e. The topological polar surface area (TPSA) is 86.8 Å². The Morgan fingerprint density at radius 3 is 2.26 bits per heavy atom. The van der Waals surface area contributed by atoms with Crippen LogP contribution in [0.2, 0.25) is 10.0 Å². The molecule has 0 aliphatic rings. The van der Waals surface area contributed by atoms with Crippen molar-refractivity contribution in [3.63, 3.8) is 0 Å². The Balaban J connectivity index is 2.06. The largest absolute Gasteiger partial charge is 0.354 e. The second kappa shape index (κ2) is 13.3. The van der Waals surface area contributed by atoms with Crippen molar-refractivity contribution in [2.24, 2.45) is 0 Å². The van der Waals surface area contributed by atoms with Gasteiger partial charge in [0.05, 0.1) is 10.6 Å². The Hall–Kier alpha value is -3.07. The predicted molar refractivity (Wildman–Crippen MR) is 157 cm³/mol. The third kappa shape index (κ3) is 7.53. The zero-order valence-corrected chi connectivity index (χ0v) is 24.8. The van der Waals surface area contributed by atoms with Crippen LogP contribution in [0, 0.1) is 13.8 Å². The highest BCUT2D eigenvalue weighted by atomic mass is 35.5. The Morgan fingerprint density at radius 1 is 0.974 bits per heavy atom. The molecule has 0 fully saturated rings. The minimum absolute atomic E-state index is 0.0250. The lowest BCUT2D eigenvalue weighted by Crippen LogP contribution is -2.51. The van der Waals surface area contributed by atoms with Gasteiger partial charge in [-0.2, -0.15) is 0 Å². The molecule has 3 rings (SSSR count). The number of hydrogen-bond acceptors (Lipinski definition) is 4. The van der Waals surface area contributed by atoms with Gasteiger partial charge >= 0.3 is 0 Å². The third-order valence-corrected chi connectivity index (χ3v) is 8.71. The van der Waals surface area contributed by atoms with Gasteiger partial charge in [0.15, 0.2) is 0 Å². The quantitative estimate of drug-likeness (QED) is 0.308. The van der Waals surface area contributed by atoms with E-state index < -0.39 is 28.5 Å². The molecule has 1 N–H and O–H groups in total. The molecule has 0 bridgehead atoms. The van der Waals surface area contributed by atoms with E-state index in [0.29, 0.717) is 33.4 Å². The van der Waals surface area contributed by atoms with E-state index in [9.17, 15) is 18.0 Å². The number of anilines is 1. The summed E-state index contributed by atoms with van der Waals surface area (Å²) in [5.41, 5.74) is 2.43. The lowest BCUT2D eigenvalue weighted by Gasteiger charge is -2.32. The first-order valence-electron chi connectivity index (χ1n) is 12.6. The average molecular weight is 591 g/mol. The molecule has 0 radical (unpaired) electrons. The Labute approximate surface area is 240 Å². The summed E-state index contributed by atoms with van der Waals surface area (Å²) in [6, 6.07) is 17.4. The predicted octanol–water partition coefficient (Wildman–Crippen LogP) is 5.75. The Kier molecular flexibility index (Phi) is 10.4. The highest BCUT2D eigenvalue weighted by Crippen LogP contribution is 2.30. The number of halogens is 2. The number of nitrogens with one attached hydrogen (secondary N) is 1. The molecule has 39 heavy (non-hydrogen) atoms. The highest BCUT2D eigenvalue weighted by molar-refractivity contribution is 7.92. The van der Waals surface area contributed by atoms with E-state index in [4.69, 9.17) is 23.2 Å². The van der Waals surface area contributed by atoms with Crippen molar-refractivity contribution in [1.82, 2.24) is 10.2 Å². The van der Waals surface area contributed by atoms with Gasteiger partial charge in [0.25, 0.3) is 10.0 Å². The molecule has 0 heterocycles. The fourth-order valence-electron chi connectivity index (χ4n) is 4.04. The van der Waals surface area contributed by atoms with Gasteiger partial charge in [-0.15, -0.1) is 0 Å². The third-order valence-electron chi connectivity index (χ3n) is 6.33. The summed E-state index contributed by atoms with van der Waals surface area (Å²) in [6.45, 7) is 7.08. The standard InChI is InChI=1S/C29H33Cl2N3O4S/c1-5-16-32-29(36)22(4)33(18-23-8-6-7-9-26(23)31)28(35)19-34(27-15-12-24(30)17-21(27)3)39(37,38)25-13-10-20(2)11-14-25/h6-15,17,22H,5,16,18-19H2,1-4H3,(H,32,36). The fourth-order valence-corrected chi connectivity index (χ4v) is 5.94. The van der Waals surface area contributed by atoms with Gasteiger partial charge in [-0.1, -0.05) is 66.0 Å². The summed E-state index contributed by atoms with van der Waals surface area (Å²) >= 11 is 12.5. The van der Waals surface area contributed by atoms with E-state index in [-0.39, 0.29) is 17.3 Å². The van der Waals surface area contributed by atoms with Crippen LogP contribution >= 0.6 is 23.2 Å².